The van der Waals surface area contributed by atoms with Crippen molar-refractivity contribution in [3.05, 3.63) is 88.8 Å². The highest BCUT2D eigenvalue weighted by atomic mass is 16.6. The molecule has 3 amide bonds. The molecule has 2 aliphatic heterocycles. The SMILES string of the molecule is COC1C=CC=C(C)C(=O)NC2=CC(=O)C(NC(=O)C3=N[N+](c4ccccc4)=NC3C)=C(CC(C)CC(OC)C(O)C(C)C=C(C)C1OC(N)=O)C2=O. The fourth-order valence-corrected chi connectivity index (χ4v) is 6.25. The molecule has 4 rings (SSSR count). The molecule has 2 bridgehead atoms. The zero-order valence-corrected chi connectivity index (χ0v) is 30.9. The summed E-state index contributed by atoms with van der Waals surface area (Å²) in [6.07, 6.45) is 2.82. The molecule has 0 saturated heterocycles. The van der Waals surface area contributed by atoms with Gasteiger partial charge in [0.1, 0.15) is 6.10 Å². The summed E-state index contributed by atoms with van der Waals surface area (Å²) >= 11 is 0. The monoisotopic (exact) mass is 731 g/mol. The molecular formula is C38H47N6O9+. The molecule has 0 aromatic heterocycles. The average molecular weight is 732 g/mol. The van der Waals surface area contributed by atoms with Gasteiger partial charge in [-0.05, 0) is 45.1 Å². The van der Waals surface area contributed by atoms with Gasteiger partial charge in [0.2, 0.25) is 17.3 Å². The summed E-state index contributed by atoms with van der Waals surface area (Å²) < 4.78 is 16.7. The number of aliphatic hydroxyl groups excluding tert-OH is 1. The van der Waals surface area contributed by atoms with Crippen LogP contribution in [0.2, 0.25) is 0 Å². The van der Waals surface area contributed by atoms with Crippen LogP contribution in [0.25, 0.3) is 0 Å². The number of hydrogen-bond donors (Lipinski definition) is 4. The average Bonchev–Trinajstić information content (AvgIpc) is 3.52. The van der Waals surface area contributed by atoms with Crippen molar-refractivity contribution in [2.75, 3.05) is 14.2 Å². The Morgan fingerprint density at radius 3 is 2.40 bits per heavy atom. The van der Waals surface area contributed by atoms with Crippen LogP contribution in [0.1, 0.15) is 47.5 Å². The molecule has 282 valence electrons. The van der Waals surface area contributed by atoms with Gasteiger partial charge in [0.15, 0.2) is 12.1 Å². The number of hydrazone groups is 1. The van der Waals surface area contributed by atoms with E-state index in [0.29, 0.717) is 11.3 Å². The predicted molar refractivity (Wildman–Crippen MR) is 193 cm³/mol. The molecule has 3 aliphatic rings. The molecule has 15 heteroatoms. The lowest BCUT2D eigenvalue weighted by molar-refractivity contribution is -0.513. The Morgan fingerprint density at radius 1 is 1.06 bits per heavy atom. The van der Waals surface area contributed by atoms with E-state index in [1.54, 1.807) is 57.2 Å². The van der Waals surface area contributed by atoms with Gasteiger partial charge in [0.25, 0.3) is 17.5 Å². The van der Waals surface area contributed by atoms with Crippen molar-refractivity contribution in [2.24, 2.45) is 27.8 Å². The van der Waals surface area contributed by atoms with Crippen LogP contribution in [0.3, 0.4) is 0 Å². The van der Waals surface area contributed by atoms with Crippen LogP contribution in [-0.2, 0) is 33.4 Å². The van der Waals surface area contributed by atoms with Crippen LogP contribution in [-0.4, -0.2) is 89.8 Å². The lowest BCUT2D eigenvalue weighted by atomic mass is 9.85. The van der Waals surface area contributed by atoms with Gasteiger partial charge >= 0.3 is 6.09 Å². The van der Waals surface area contributed by atoms with Crippen molar-refractivity contribution in [3.63, 3.8) is 0 Å². The number of primary amides is 1. The highest BCUT2D eigenvalue weighted by Crippen LogP contribution is 2.29. The molecule has 2 heterocycles. The van der Waals surface area contributed by atoms with E-state index in [9.17, 15) is 29.1 Å². The Balaban J connectivity index is 1.73. The largest absolute Gasteiger partial charge is 0.439 e. The van der Waals surface area contributed by atoms with E-state index in [4.69, 9.17) is 19.9 Å². The number of nitrogens with one attached hydrogen (secondary N) is 2. The van der Waals surface area contributed by atoms with E-state index < -0.39 is 65.8 Å². The minimum atomic E-state index is -1.06. The number of carbonyl (C=O) groups is 5. The van der Waals surface area contributed by atoms with Gasteiger partial charge in [0, 0.05) is 59.7 Å². The molecule has 0 radical (unpaired) electrons. The minimum Gasteiger partial charge on any atom is -0.439 e. The van der Waals surface area contributed by atoms with Crippen molar-refractivity contribution in [2.45, 2.75) is 77.9 Å². The highest BCUT2D eigenvalue weighted by molar-refractivity contribution is 6.42. The van der Waals surface area contributed by atoms with E-state index in [0.717, 1.165) is 6.08 Å². The number of allylic oxidation sites excluding steroid dienone is 4. The minimum absolute atomic E-state index is 0.0205. The third-order valence-corrected chi connectivity index (χ3v) is 9.13. The van der Waals surface area contributed by atoms with Crippen LogP contribution in [0, 0.1) is 11.8 Å². The molecular weight excluding hydrogens is 684 g/mol. The standard InChI is InChI=1S/C38H46N6O9/c1-20-16-26-32(41-37(49)31-24(5)42-44(43-31)25-13-9-8-10-14-25)28(45)19-27(34(26)47)40-36(48)21(2)12-11-15-29(51-6)35(53-38(39)50)23(4)18-22(3)33(46)30(17-20)52-7/h8-15,18-20,22,24,29-30,33,35,46H,16-17H2,1-7H3,(H3-,39,40,41,45,47,48,49,50)/p+1. The number of aliphatic hydroxyl groups is 1. The maximum atomic E-state index is 14.0. The van der Waals surface area contributed by atoms with Crippen LogP contribution < -0.4 is 16.4 Å². The normalized spacial score (nSPS) is 27.6. The lowest BCUT2D eigenvalue weighted by Gasteiger charge is -2.30. The van der Waals surface area contributed by atoms with Crippen LogP contribution in [0.4, 0.5) is 10.5 Å². The predicted octanol–water partition coefficient (Wildman–Crippen LogP) is 3.43. The zero-order valence-electron chi connectivity index (χ0n) is 30.9. The summed E-state index contributed by atoms with van der Waals surface area (Å²) in [4.78, 5) is 67.7. The van der Waals surface area contributed by atoms with Gasteiger partial charge in [-0.25, -0.2) is 4.79 Å². The molecule has 1 aromatic rings. The Bertz CT molecular complexity index is 1840. The number of amides is 3. The van der Waals surface area contributed by atoms with E-state index >= 15 is 0 Å². The number of ketones is 2. The number of benzene rings is 1. The summed E-state index contributed by atoms with van der Waals surface area (Å²) in [7, 11) is 2.86. The third-order valence-electron chi connectivity index (χ3n) is 9.13. The number of nitrogens with zero attached hydrogens (tertiary/aromatic N) is 3. The number of carbonyl (C=O) groups excluding carboxylic acids is 5. The Hall–Kier alpha value is -5.38. The Labute approximate surface area is 308 Å². The van der Waals surface area contributed by atoms with E-state index in [2.05, 4.69) is 20.8 Å². The number of rotatable bonds is 6. The smallest absolute Gasteiger partial charge is 0.405 e. The summed E-state index contributed by atoms with van der Waals surface area (Å²) in [5.74, 6) is -3.65. The number of azo groups is 1. The summed E-state index contributed by atoms with van der Waals surface area (Å²) in [6.45, 7) is 8.48. The molecule has 0 spiro atoms. The Morgan fingerprint density at radius 2 is 1.75 bits per heavy atom. The molecule has 5 N–H and O–H groups in total. The highest BCUT2D eigenvalue weighted by Gasteiger charge is 2.38. The number of nitrogens with two attached hydrogens (primary N) is 1. The fraction of sp³-hybridized carbons (Fsp3) is 0.421. The molecule has 0 fully saturated rings. The van der Waals surface area contributed by atoms with Gasteiger partial charge in [-0.15, -0.1) is 0 Å². The maximum absolute atomic E-state index is 14.0. The van der Waals surface area contributed by atoms with E-state index in [-0.39, 0.29) is 47.0 Å². The number of hydrogen-bond acceptors (Lipinski definition) is 11. The summed E-state index contributed by atoms with van der Waals surface area (Å²) in [5.41, 5.74) is 6.22. The third kappa shape index (κ3) is 9.94. The van der Waals surface area contributed by atoms with Gasteiger partial charge in [0.05, 0.1) is 28.4 Å². The zero-order chi connectivity index (χ0) is 39.0. The van der Waals surface area contributed by atoms with Crippen LogP contribution in [0.5, 0.6) is 0 Å². The molecule has 15 nitrogen and oxygen atoms in total. The van der Waals surface area contributed by atoms with Gasteiger partial charge < -0.3 is 35.7 Å². The number of methoxy groups -OCH3 is 2. The molecule has 1 aliphatic carbocycles. The summed E-state index contributed by atoms with van der Waals surface area (Å²) in [6, 6.07) is 8.35. The second-order valence-electron chi connectivity index (χ2n) is 13.3. The van der Waals surface area contributed by atoms with E-state index in [1.807, 2.05) is 13.0 Å². The fourth-order valence-electron chi connectivity index (χ4n) is 6.25. The number of ether oxygens (including phenoxy) is 3. The van der Waals surface area contributed by atoms with Crippen molar-refractivity contribution >= 4 is 40.9 Å². The van der Waals surface area contributed by atoms with Crippen molar-refractivity contribution < 1.29 is 48.1 Å². The lowest BCUT2D eigenvalue weighted by Crippen LogP contribution is -2.41. The van der Waals surface area contributed by atoms with E-state index in [1.165, 1.54) is 38.1 Å². The molecule has 7 unspecified atom stereocenters. The molecule has 1 aromatic carbocycles. The first-order valence-corrected chi connectivity index (χ1v) is 17.2. The second kappa shape index (κ2) is 17.9. The van der Waals surface area contributed by atoms with Crippen molar-refractivity contribution in [3.8, 4) is 0 Å². The van der Waals surface area contributed by atoms with Crippen molar-refractivity contribution in [1.29, 1.82) is 0 Å². The van der Waals surface area contributed by atoms with Crippen molar-refractivity contribution in [1.82, 2.24) is 10.6 Å². The molecule has 7 atom stereocenters. The maximum Gasteiger partial charge on any atom is 0.405 e. The van der Waals surface area contributed by atoms with Gasteiger partial charge in [-0.3, -0.25) is 19.2 Å². The number of Topliss-reactive ketones (excluding diaryl/α,β-unsaturated/α-hetero) is 1. The summed E-state index contributed by atoms with van der Waals surface area (Å²) in [5, 5.41) is 25.3. The topological polar surface area (TPSA) is 211 Å². The molecule has 53 heavy (non-hydrogen) atoms. The number of para-hydroxylation sites is 1. The first-order chi connectivity index (χ1) is 25.1. The number of fused-ring (bicyclic) bond motifs is 2. The quantitative estimate of drug-likeness (QED) is 0.192. The van der Waals surface area contributed by atoms with Crippen LogP contribution >= 0.6 is 0 Å². The van der Waals surface area contributed by atoms with Gasteiger partial charge in [-0.2, -0.15) is 0 Å². The first-order valence-electron chi connectivity index (χ1n) is 17.2. The Kier molecular flexibility index (Phi) is 13.6. The second-order valence-corrected chi connectivity index (χ2v) is 13.3. The van der Waals surface area contributed by atoms with Crippen LogP contribution in [0.15, 0.2) is 99.0 Å². The first kappa shape index (κ1) is 40.4. The van der Waals surface area contributed by atoms with Gasteiger partial charge in [-0.1, -0.05) is 56.4 Å². The molecule has 0 saturated carbocycles.